The van der Waals surface area contributed by atoms with Crippen LogP contribution < -0.4 is 5.73 Å². The Morgan fingerprint density at radius 2 is 2.08 bits per heavy atom. The molecule has 66 valence electrons. The minimum absolute atomic E-state index is 0.153. The van der Waals surface area contributed by atoms with Crippen LogP contribution >= 0.6 is 15.9 Å². The van der Waals surface area contributed by atoms with Crippen molar-refractivity contribution >= 4 is 15.9 Å². The van der Waals surface area contributed by atoms with Gasteiger partial charge in [0.25, 0.3) is 0 Å². The first-order valence-electron chi connectivity index (χ1n) is 3.77. The van der Waals surface area contributed by atoms with Crippen LogP contribution in [0.3, 0.4) is 0 Å². The van der Waals surface area contributed by atoms with Crippen molar-refractivity contribution in [3.63, 3.8) is 0 Å². The number of nitrogens with two attached hydrogens (primary N) is 1. The second kappa shape index (κ2) is 3.46. The number of benzene rings is 1. The van der Waals surface area contributed by atoms with Crippen LogP contribution in [0.2, 0.25) is 0 Å². The molecule has 0 bridgehead atoms. The van der Waals surface area contributed by atoms with Crippen LogP contribution in [0.1, 0.15) is 24.1 Å². The van der Waals surface area contributed by atoms with Crippen LogP contribution in [0.15, 0.2) is 16.6 Å². The predicted molar refractivity (Wildman–Crippen MR) is 53.1 cm³/mol. The SMILES string of the molecule is Cc1ccc(Br)c([C@H](C)N)c1O. The Kier molecular flexibility index (Phi) is 2.75. The molecule has 0 aliphatic heterocycles. The molecule has 2 nitrogen and oxygen atoms in total. The molecule has 1 aromatic rings. The van der Waals surface area contributed by atoms with Crippen molar-refractivity contribution in [2.45, 2.75) is 19.9 Å². The van der Waals surface area contributed by atoms with Gasteiger partial charge in [-0.05, 0) is 25.5 Å². The van der Waals surface area contributed by atoms with Gasteiger partial charge in [-0.15, -0.1) is 0 Å². The van der Waals surface area contributed by atoms with Crippen LogP contribution in [0.4, 0.5) is 0 Å². The molecule has 0 aliphatic carbocycles. The fraction of sp³-hybridized carbons (Fsp3) is 0.333. The van der Waals surface area contributed by atoms with E-state index in [0.29, 0.717) is 5.75 Å². The molecule has 0 spiro atoms. The molecular weight excluding hydrogens is 218 g/mol. The minimum atomic E-state index is -0.153. The summed E-state index contributed by atoms with van der Waals surface area (Å²) < 4.78 is 0.862. The second-order valence-electron chi connectivity index (χ2n) is 2.92. The van der Waals surface area contributed by atoms with Gasteiger partial charge in [0.05, 0.1) is 0 Å². The number of hydrogen-bond acceptors (Lipinski definition) is 2. The van der Waals surface area contributed by atoms with E-state index >= 15 is 0 Å². The van der Waals surface area contributed by atoms with Crippen LogP contribution in [0, 0.1) is 6.92 Å². The molecule has 0 unspecified atom stereocenters. The van der Waals surface area contributed by atoms with E-state index in [4.69, 9.17) is 5.73 Å². The van der Waals surface area contributed by atoms with E-state index in [0.717, 1.165) is 15.6 Å². The van der Waals surface area contributed by atoms with Crippen LogP contribution in [-0.4, -0.2) is 5.11 Å². The van der Waals surface area contributed by atoms with Gasteiger partial charge >= 0.3 is 0 Å². The van der Waals surface area contributed by atoms with Crippen molar-refractivity contribution in [3.05, 3.63) is 27.7 Å². The minimum Gasteiger partial charge on any atom is -0.507 e. The molecule has 1 aromatic carbocycles. The fourth-order valence-corrected chi connectivity index (χ4v) is 1.81. The Balaban J connectivity index is 3.33. The third kappa shape index (κ3) is 1.62. The Hall–Kier alpha value is -0.540. The molecule has 0 saturated heterocycles. The Morgan fingerprint density at radius 3 is 2.50 bits per heavy atom. The van der Waals surface area contributed by atoms with Gasteiger partial charge in [-0.1, -0.05) is 22.0 Å². The van der Waals surface area contributed by atoms with Crippen molar-refractivity contribution in [1.82, 2.24) is 0 Å². The summed E-state index contributed by atoms with van der Waals surface area (Å²) in [5.74, 6) is 0.291. The zero-order chi connectivity index (χ0) is 9.30. The van der Waals surface area contributed by atoms with E-state index in [2.05, 4.69) is 15.9 Å². The molecule has 0 saturated carbocycles. The molecule has 0 aliphatic rings. The van der Waals surface area contributed by atoms with Gasteiger partial charge in [-0.3, -0.25) is 0 Å². The first-order valence-corrected chi connectivity index (χ1v) is 4.57. The highest BCUT2D eigenvalue weighted by Crippen LogP contribution is 2.32. The second-order valence-corrected chi connectivity index (χ2v) is 3.77. The van der Waals surface area contributed by atoms with Gasteiger partial charge in [0.1, 0.15) is 5.75 Å². The summed E-state index contributed by atoms with van der Waals surface area (Å²) in [4.78, 5) is 0. The molecule has 3 heteroatoms. The molecule has 1 atom stereocenters. The highest BCUT2D eigenvalue weighted by molar-refractivity contribution is 9.10. The number of phenolic OH excluding ortho intramolecular Hbond substituents is 1. The first-order chi connectivity index (χ1) is 5.54. The van der Waals surface area contributed by atoms with Gasteiger partial charge in [-0.25, -0.2) is 0 Å². The van der Waals surface area contributed by atoms with E-state index in [1.807, 2.05) is 26.0 Å². The van der Waals surface area contributed by atoms with Crippen molar-refractivity contribution in [2.24, 2.45) is 5.73 Å². The summed E-state index contributed by atoms with van der Waals surface area (Å²) in [6.45, 7) is 3.70. The maximum absolute atomic E-state index is 9.64. The van der Waals surface area contributed by atoms with Gasteiger partial charge in [0.2, 0.25) is 0 Å². The Morgan fingerprint density at radius 1 is 1.50 bits per heavy atom. The van der Waals surface area contributed by atoms with E-state index in [-0.39, 0.29) is 6.04 Å². The number of aromatic hydroxyl groups is 1. The third-order valence-electron chi connectivity index (χ3n) is 1.82. The summed E-state index contributed by atoms with van der Waals surface area (Å²) in [5.41, 5.74) is 7.32. The number of rotatable bonds is 1. The zero-order valence-electron chi connectivity index (χ0n) is 7.13. The van der Waals surface area contributed by atoms with Crippen LogP contribution in [0.5, 0.6) is 5.75 Å². The Bertz CT molecular complexity index is 297. The molecular formula is C9H12BrNO. The fourth-order valence-electron chi connectivity index (χ4n) is 1.13. The van der Waals surface area contributed by atoms with Gasteiger partial charge < -0.3 is 10.8 Å². The van der Waals surface area contributed by atoms with Crippen molar-refractivity contribution < 1.29 is 5.11 Å². The zero-order valence-corrected chi connectivity index (χ0v) is 8.72. The number of aryl methyl sites for hydroxylation is 1. The smallest absolute Gasteiger partial charge is 0.124 e. The highest BCUT2D eigenvalue weighted by Gasteiger charge is 2.11. The lowest BCUT2D eigenvalue weighted by Crippen LogP contribution is -2.06. The normalized spacial score (nSPS) is 13.0. The molecule has 0 aromatic heterocycles. The molecule has 0 fully saturated rings. The van der Waals surface area contributed by atoms with Gasteiger partial charge in [-0.2, -0.15) is 0 Å². The molecule has 12 heavy (non-hydrogen) atoms. The third-order valence-corrected chi connectivity index (χ3v) is 2.51. The average molecular weight is 230 g/mol. The summed E-state index contributed by atoms with van der Waals surface area (Å²) >= 11 is 3.34. The summed E-state index contributed by atoms with van der Waals surface area (Å²) in [5, 5.41) is 9.64. The van der Waals surface area contributed by atoms with E-state index in [1.54, 1.807) is 0 Å². The van der Waals surface area contributed by atoms with E-state index in [1.165, 1.54) is 0 Å². The van der Waals surface area contributed by atoms with Gasteiger partial charge in [0.15, 0.2) is 0 Å². The number of phenols is 1. The average Bonchev–Trinajstić information content (AvgIpc) is 1.97. The van der Waals surface area contributed by atoms with Crippen LogP contribution in [0.25, 0.3) is 0 Å². The highest BCUT2D eigenvalue weighted by atomic mass is 79.9. The maximum Gasteiger partial charge on any atom is 0.124 e. The molecule has 0 radical (unpaired) electrons. The molecule has 0 amide bonds. The number of hydrogen-bond donors (Lipinski definition) is 2. The quantitative estimate of drug-likeness (QED) is 0.778. The molecule has 3 N–H and O–H groups in total. The topological polar surface area (TPSA) is 46.2 Å². The predicted octanol–water partition coefficient (Wildman–Crippen LogP) is 2.48. The lowest BCUT2D eigenvalue weighted by Gasteiger charge is -2.12. The molecule has 1 rings (SSSR count). The maximum atomic E-state index is 9.64. The van der Waals surface area contributed by atoms with Crippen molar-refractivity contribution in [2.75, 3.05) is 0 Å². The van der Waals surface area contributed by atoms with Crippen molar-refractivity contribution in [1.29, 1.82) is 0 Å². The number of halogens is 1. The summed E-state index contributed by atoms with van der Waals surface area (Å²) in [6, 6.07) is 3.60. The first kappa shape index (κ1) is 9.55. The molecule has 0 heterocycles. The standard InChI is InChI=1S/C9H12BrNO/c1-5-3-4-7(10)8(6(2)11)9(5)12/h3-4,6,12H,11H2,1-2H3/t6-/m0/s1. The van der Waals surface area contributed by atoms with Gasteiger partial charge in [0, 0.05) is 16.1 Å². The largest absolute Gasteiger partial charge is 0.507 e. The lowest BCUT2D eigenvalue weighted by molar-refractivity contribution is 0.459. The Labute approximate surface area is 80.5 Å². The lowest BCUT2D eigenvalue weighted by atomic mass is 10.0. The van der Waals surface area contributed by atoms with Crippen LogP contribution in [-0.2, 0) is 0 Å². The summed E-state index contributed by atoms with van der Waals surface area (Å²) in [7, 11) is 0. The monoisotopic (exact) mass is 229 g/mol. The summed E-state index contributed by atoms with van der Waals surface area (Å²) in [6.07, 6.45) is 0. The van der Waals surface area contributed by atoms with Crippen molar-refractivity contribution in [3.8, 4) is 5.75 Å². The van der Waals surface area contributed by atoms with E-state index < -0.39 is 0 Å². The van der Waals surface area contributed by atoms with E-state index in [9.17, 15) is 5.11 Å².